The summed E-state index contributed by atoms with van der Waals surface area (Å²) in [7, 11) is -0.858. The van der Waals surface area contributed by atoms with E-state index in [1.807, 2.05) is 65.8 Å². The molecule has 27 nitrogen and oxygen atoms in total. The first-order chi connectivity index (χ1) is 47.4. The van der Waals surface area contributed by atoms with Crippen molar-refractivity contribution in [2.75, 3.05) is 151 Å². The van der Waals surface area contributed by atoms with Crippen LogP contribution >= 0.6 is 11.6 Å². The minimum atomic E-state index is -3.62. The lowest BCUT2D eigenvalue weighted by Crippen LogP contribution is -2.39. The predicted octanol–water partition coefficient (Wildman–Crippen LogP) is 10.4. The van der Waals surface area contributed by atoms with E-state index in [0.717, 1.165) is 107 Å². The summed E-state index contributed by atoms with van der Waals surface area (Å²) in [4.78, 5) is 51.1. The van der Waals surface area contributed by atoms with E-state index in [-0.39, 0.29) is 44.9 Å². The fraction of sp³-hybridized carbons (Fsp3) is 0.457. The van der Waals surface area contributed by atoms with Crippen molar-refractivity contribution in [2.45, 2.75) is 73.1 Å². The van der Waals surface area contributed by atoms with Gasteiger partial charge in [-0.2, -0.15) is 9.97 Å². The van der Waals surface area contributed by atoms with Crippen LogP contribution in [0.25, 0.3) is 21.8 Å². The molecule has 2 aliphatic heterocycles. The van der Waals surface area contributed by atoms with Crippen LogP contribution in [0.5, 0.6) is 34.8 Å². The number of benzene rings is 4. The van der Waals surface area contributed by atoms with Crippen molar-refractivity contribution < 1.29 is 54.8 Å². The number of nitrogens with zero attached hydrogens (tertiary/aromatic N) is 9. The van der Waals surface area contributed by atoms with E-state index in [1.54, 1.807) is 90.1 Å². The van der Waals surface area contributed by atoms with Gasteiger partial charge in [-0.25, -0.2) is 26.8 Å². The second kappa shape index (κ2) is 35.8. The van der Waals surface area contributed by atoms with Crippen LogP contribution in [0, 0.1) is 0 Å². The zero-order chi connectivity index (χ0) is 73.1. The number of morpholine rings is 2. The number of halogens is 1. The molecule has 0 spiro atoms. The molecule has 4 aromatic heterocycles. The summed E-state index contributed by atoms with van der Waals surface area (Å²) in [6.07, 6.45) is 5.24. The minimum Gasteiger partial charge on any atom is -0.492 e. The van der Waals surface area contributed by atoms with Crippen molar-refractivity contribution >= 4 is 94.0 Å². The smallest absolute Gasteiger partial charge is 0.272 e. The van der Waals surface area contributed by atoms with Crippen LogP contribution in [0.15, 0.2) is 97.3 Å². The van der Waals surface area contributed by atoms with Crippen molar-refractivity contribution in [2.24, 2.45) is 19.8 Å². The van der Waals surface area contributed by atoms with E-state index in [2.05, 4.69) is 80.8 Å². The summed E-state index contributed by atoms with van der Waals surface area (Å²) >= 11 is 5.89. The number of para-hydroxylation sites is 2. The third-order valence-corrected chi connectivity index (χ3v) is 17.6. The Morgan fingerprint density at radius 2 is 1.01 bits per heavy atom. The number of fused-ring (bicyclic) bond motifs is 2. The second-order valence-electron chi connectivity index (χ2n) is 25.8. The van der Waals surface area contributed by atoms with E-state index in [4.69, 9.17) is 45.8 Å². The molecule has 2 fully saturated rings. The van der Waals surface area contributed by atoms with Gasteiger partial charge in [0.1, 0.15) is 11.4 Å². The topological polar surface area (TPSA) is 315 Å². The molecular weight excluding hydrogens is 1340 g/mol. The Labute approximate surface area is 592 Å². The molecule has 0 unspecified atom stereocenters. The lowest BCUT2D eigenvalue weighted by atomic mass is 9.86. The predicted molar refractivity (Wildman–Crippen MR) is 397 cm³/mol. The Kier molecular flexibility index (Phi) is 28.2. The Morgan fingerprint density at radius 1 is 0.600 bits per heavy atom. The third kappa shape index (κ3) is 22.6. The quantitative estimate of drug-likeness (QED) is 0.0324. The first-order valence-electron chi connectivity index (χ1n) is 33.0. The molecule has 0 bridgehead atoms. The number of ether oxygens (including phenoxy) is 6. The highest BCUT2D eigenvalue weighted by molar-refractivity contribution is 7.92. The maximum Gasteiger partial charge on any atom is 0.272 e. The zero-order valence-electron chi connectivity index (χ0n) is 60.0. The molecule has 7 N–H and O–H groups in total. The average Bonchev–Trinajstić information content (AvgIpc) is 1.56. The van der Waals surface area contributed by atoms with Crippen LogP contribution in [0.2, 0.25) is 5.28 Å². The van der Waals surface area contributed by atoms with Crippen molar-refractivity contribution in [3.05, 3.63) is 125 Å². The highest BCUT2D eigenvalue weighted by atomic mass is 35.5. The highest BCUT2D eigenvalue weighted by Gasteiger charge is 2.27. The molecule has 6 heterocycles. The van der Waals surface area contributed by atoms with Crippen molar-refractivity contribution in [1.29, 1.82) is 0 Å². The molecule has 100 heavy (non-hydrogen) atoms. The van der Waals surface area contributed by atoms with E-state index in [1.165, 1.54) is 40.1 Å². The molecule has 2 aliphatic rings. The Bertz CT molecular complexity index is 4290. The molecule has 2 saturated heterocycles. The van der Waals surface area contributed by atoms with Crippen molar-refractivity contribution in [3.8, 4) is 34.8 Å². The summed E-state index contributed by atoms with van der Waals surface area (Å²) < 4.78 is 90.6. The fourth-order valence-corrected chi connectivity index (χ4v) is 12.2. The average molecular weight is 1440 g/mol. The maximum absolute atomic E-state index is 13.8. The van der Waals surface area contributed by atoms with Gasteiger partial charge in [0.25, 0.3) is 11.8 Å². The summed E-state index contributed by atoms with van der Waals surface area (Å²) in [6.45, 7) is 32.6. The van der Waals surface area contributed by atoms with Crippen LogP contribution < -0.4 is 50.1 Å². The van der Waals surface area contributed by atoms with Gasteiger partial charge in [-0.05, 0) is 102 Å². The maximum atomic E-state index is 13.8. The van der Waals surface area contributed by atoms with Crippen molar-refractivity contribution in [3.63, 3.8) is 0 Å². The lowest BCUT2D eigenvalue weighted by molar-refractivity contribution is 0.0394. The standard InChI is InChI=1S/C32H41N7O6S.C26H28ClN5O5S.C6H14N2O.C6H15N/c1-32(2,3)22-19-23(29(43-5)24(20-22)37-46(6,41)42)35-30(40)25-18-21-8-7-9-26(28(21)38(25)4)45-27-10-11-33-31(36-27)34-12-13-39-14-16-44-17-15-39;1-26(2,3)16-13-17(23(36-5)18(14-16)31-38(6,34)35)29-24(33)19-12-15-8-7-9-20(22(15)32(19)4)37-21-10-11-28-25(27)30-21;7-1-2-8-3-5-9-6-4-8;1-4-7(5-2)6-3/h7-11,18-20,37H,12-17H2,1-6H3,(H,35,40)(H,33,34,36);7-14,31H,1-6H3,(H,29,33);1-7H2;4-6H2,1-3H3. The molecule has 544 valence electrons. The van der Waals surface area contributed by atoms with Crippen LogP contribution in [0.1, 0.15) is 94.4 Å². The summed E-state index contributed by atoms with van der Waals surface area (Å²) in [5.74, 6) is 1.64. The van der Waals surface area contributed by atoms with Crippen molar-refractivity contribution in [1.82, 2.24) is 43.8 Å². The summed E-state index contributed by atoms with van der Waals surface area (Å²) in [6, 6.07) is 24.8. The van der Waals surface area contributed by atoms with E-state index in [0.29, 0.717) is 63.7 Å². The number of carbonyl (C=O) groups excluding carboxylic acids is 2. The molecule has 10 rings (SSSR count). The molecular formula is C70H98ClN15O12S2. The lowest BCUT2D eigenvalue weighted by Gasteiger charge is -2.26. The normalized spacial score (nSPS) is 13.8. The number of nitrogens with two attached hydrogens (primary N) is 1. The molecule has 0 radical (unpaired) electrons. The van der Waals surface area contributed by atoms with Gasteiger partial charge in [0.15, 0.2) is 23.0 Å². The minimum absolute atomic E-state index is 0.0535. The van der Waals surface area contributed by atoms with Crippen LogP contribution in [0.3, 0.4) is 0 Å². The SMILES string of the molecule is CCN(CC)CC.COc1c(NC(=O)c2cc3cccc(Oc4ccnc(Cl)n4)c3n2C)cc(C(C)(C)C)cc1NS(C)(=O)=O.COc1c(NC(=O)c2cc3cccc(Oc4ccnc(NCCN5CCOCC5)n4)c3n2C)cc(C(C)(C)C)cc1NS(C)(=O)=O.NCCN1CCOCC1. The number of hydrogen-bond donors (Lipinski definition) is 6. The molecule has 2 amide bonds. The number of nitrogens with one attached hydrogen (secondary N) is 5. The number of hydrogen-bond acceptors (Lipinski definition) is 21. The monoisotopic (exact) mass is 1440 g/mol. The first kappa shape index (κ1) is 78.9. The number of aryl methyl sites for hydroxylation is 2. The molecule has 8 aromatic rings. The number of carbonyl (C=O) groups is 2. The molecule has 0 aliphatic carbocycles. The van der Waals surface area contributed by atoms with Crippen LogP contribution in [-0.4, -0.2) is 198 Å². The number of rotatable bonds is 23. The van der Waals surface area contributed by atoms with Gasteiger partial charge in [-0.15, -0.1) is 0 Å². The largest absolute Gasteiger partial charge is 0.492 e. The van der Waals surface area contributed by atoms with Gasteiger partial charge >= 0.3 is 0 Å². The third-order valence-electron chi connectivity index (χ3n) is 16.3. The Morgan fingerprint density at radius 3 is 1.39 bits per heavy atom. The van der Waals surface area contributed by atoms with Gasteiger partial charge in [0.2, 0.25) is 43.0 Å². The Balaban J connectivity index is 0.000000232. The van der Waals surface area contributed by atoms with Gasteiger partial charge in [-0.3, -0.25) is 28.8 Å². The van der Waals surface area contributed by atoms with E-state index in [9.17, 15) is 26.4 Å². The summed E-state index contributed by atoms with van der Waals surface area (Å²) in [5, 5.41) is 10.7. The first-order valence-corrected chi connectivity index (χ1v) is 37.2. The highest BCUT2D eigenvalue weighted by Crippen LogP contribution is 2.42. The van der Waals surface area contributed by atoms with Crippen LogP contribution in [-0.2, 0) is 54.4 Å². The number of methoxy groups -OCH3 is 2. The van der Waals surface area contributed by atoms with Crippen LogP contribution in [0.4, 0.5) is 28.7 Å². The fourth-order valence-electron chi connectivity index (χ4n) is 10.9. The van der Waals surface area contributed by atoms with E-state index >= 15 is 0 Å². The number of sulfonamides is 2. The second-order valence-corrected chi connectivity index (χ2v) is 29.6. The van der Waals surface area contributed by atoms with Gasteiger partial charge < -0.3 is 64.1 Å². The number of aromatic nitrogens is 6. The number of amides is 2. The van der Waals surface area contributed by atoms with E-state index < -0.39 is 31.9 Å². The molecule has 4 aromatic carbocycles. The zero-order valence-corrected chi connectivity index (χ0v) is 62.4. The summed E-state index contributed by atoms with van der Waals surface area (Å²) in [5.41, 5.74) is 9.51. The molecule has 0 saturated carbocycles. The van der Waals surface area contributed by atoms with Gasteiger partial charge in [0, 0.05) is 102 Å². The molecule has 30 heteroatoms. The van der Waals surface area contributed by atoms with Gasteiger partial charge in [0.05, 0.1) is 86.9 Å². The number of anilines is 5. The Hall–Kier alpha value is -8.39. The molecule has 0 atom stereocenters. The van der Waals surface area contributed by atoms with Gasteiger partial charge in [-0.1, -0.05) is 86.6 Å².